The van der Waals surface area contributed by atoms with Gasteiger partial charge in [0.25, 0.3) is 0 Å². The summed E-state index contributed by atoms with van der Waals surface area (Å²) in [7, 11) is 1.88. The highest BCUT2D eigenvalue weighted by Crippen LogP contribution is 2.29. The molecule has 0 spiro atoms. The third kappa shape index (κ3) is 4.87. The molecule has 4 heterocycles. The smallest absolute Gasteiger partial charge is 0.365 e. The zero-order valence-corrected chi connectivity index (χ0v) is 19.2. The SMILES string of the molecule is Cn1cc(-c2ccc3c(N4CCN(C(=O)CCc5ccc(C(F)(F)F)cc5)CC4)cnn3c2)cn1. The Morgan fingerprint density at radius 2 is 1.66 bits per heavy atom. The molecule has 1 amide bonds. The van der Waals surface area contributed by atoms with Gasteiger partial charge in [0.15, 0.2) is 0 Å². The lowest BCUT2D eigenvalue weighted by Crippen LogP contribution is -2.48. The van der Waals surface area contributed by atoms with Gasteiger partial charge in [-0.3, -0.25) is 9.48 Å². The van der Waals surface area contributed by atoms with E-state index in [1.807, 2.05) is 47.3 Å². The van der Waals surface area contributed by atoms with Gasteiger partial charge >= 0.3 is 6.18 Å². The van der Waals surface area contributed by atoms with E-state index in [2.05, 4.69) is 21.2 Å². The zero-order valence-electron chi connectivity index (χ0n) is 19.2. The minimum atomic E-state index is -4.35. The normalized spacial score (nSPS) is 14.6. The summed E-state index contributed by atoms with van der Waals surface area (Å²) in [6.45, 7) is 2.57. The molecule has 0 radical (unpaired) electrons. The maximum Gasteiger partial charge on any atom is 0.416 e. The number of fused-ring (bicyclic) bond motifs is 1. The number of aromatic nitrogens is 4. The molecule has 0 aliphatic carbocycles. The number of rotatable bonds is 5. The van der Waals surface area contributed by atoms with Crippen LogP contribution in [0.2, 0.25) is 0 Å². The molecule has 35 heavy (non-hydrogen) atoms. The average molecular weight is 483 g/mol. The second-order valence-electron chi connectivity index (χ2n) is 8.74. The highest BCUT2D eigenvalue weighted by Gasteiger charge is 2.30. The van der Waals surface area contributed by atoms with Crippen molar-refractivity contribution < 1.29 is 18.0 Å². The van der Waals surface area contributed by atoms with Crippen molar-refractivity contribution in [2.45, 2.75) is 19.0 Å². The van der Waals surface area contributed by atoms with Crippen LogP contribution in [0, 0.1) is 0 Å². The van der Waals surface area contributed by atoms with Crippen LogP contribution >= 0.6 is 0 Å². The van der Waals surface area contributed by atoms with E-state index in [9.17, 15) is 18.0 Å². The fourth-order valence-electron chi connectivity index (χ4n) is 4.42. The molecular formula is C25H25F3N6O. The lowest BCUT2D eigenvalue weighted by Gasteiger charge is -2.35. The topological polar surface area (TPSA) is 58.7 Å². The maximum absolute atomic E-state index is 12.7. The highest BCUT2D eigenvalue weighted by atomic mass is 19.4. The number of pyridine rings is 1. The van der Waals surface area contributed by atoms with Gasteiger partial charge in [0, 0.05) is 63.2 Å². The van der Waals surface area contributed by atoms with Crippen molar-refractivity contribution in [3.8, 4) is 11.1 Å². The van der Waals surface area contributed by atoms with Crippen LogP contribution in [0.5, 0.6) is 0 Å². The fraction of sp³-hybridized carbons (Fsp3) is 0.320. The number of hydrogen-bond acceptors (Lipinski definition) is 4. The van der Waals surface area contributed by atoms with Crippen molar-refractivity contribution in [2.24, 2.45) is 7.05 Å². The fourth-order valence-corrected chi connectivity index (χ4v) is 4.42. The van der Waals surface area contributed by atoms with Gasteiger partial charge < -0.3 is 9.80 Å². The third-order valence-electron chi connectivity index (χ3n) is 6.42. The van der Waals surface area contributed by atoms with E-state index in [0.29, 0.717) is 32.6 Å². The number of amides is 1. The van der Waals surface area contributed by atoms with E-state index in [1.54, 1.807) is 4.68 Å². The Kier molecular flexibility index (Phi) is 5.96. The first-order valence-corrected chi connectivity index (χ1v) is 11.4. The number of alkyl halides is 3. The highest BCUT2D eigenvalue weighted by molar-refractivity contribution is 5.78. The summed E-state index contributed by atoms with van der Waals surface area (Å²) in [5, 5.41) is 8.74. The summed E-state index contributed by atoms with van der Waals surface area (Å²) in [4.78, 5) is 16.7. The summed E-state index contributed by atoms with van der Waals surface area (Å²) >= 11 is 0. The van der Waals surface area contributed by atoms with Gasteiger partial charge in [-0.05, 0) is 30.2 Å². The van der Waals surface area contributed by atoms with E-state index < -0.39 is 11.7 Å². The summed E-state index contributed by atoms with van der Waals surface area (Å²) in [5.41, 5.74) is 4.13. The van der Waals surface area contributed by atoms with Crippen LogP contribution in [-0.2, 0) is 24.4 Å². The quantitative estimate of drug-likeness (QED) is 0.431. The molecule has 1 fully saturated rings. The summed E-state index contributed by atoms with van der Waals surface area (Å²) in [6, 6.07) is 9.12. The average Bonchev–Trinajstić information content (AvgIpc) is 3.48. The molecule has 7 nitrogen and oxygen atoms in total. The van der Waals surface area contributed by atoms with Crippen LogP contribution < -0.4 is 4.90 Å². The van der Waals surface area contributed by atoms with Crippen LogP contribution in [0.1, 0.15) is 17.5 Å². The number of nitrogens with zero attached hydrogens (tertiary/aromatic N) is 6. The number of aryl methyl sites for hydroxylation is 2. The second-order valence-corrected chi connectivity index (χ2v) is 8.74. The predicted octanol–water partition coefficient (Wildman–Crippen LogP) is 4.04. The van der Waals surface area contributed by atoms with Crippen molar-refractivity contribution in [3.05, 3.63) is 72.3 Å². The minimum Gasteiger partial charge on any atom is -0.365 e. The summed E-state index contributed by atoms with van der Waals surface area (Å²) in [6.07, 6.45) is 3.96. The molecule has 5 rings (SSSR count). The van der Waals surface area contributed by atoms with Crippen molar-refractivity contribution in [3.63, 3.8) is 0 Å². The lowest BCUT2D eigenvalue weighted by molar-refractivity contribution is -0.137. The summed E-state index contributed by atoms with van der Waals surface area (Å²) < 4.78 is 41.8. The number of halogens is 3. The van der Waals surface area contributed by atoms with Crippen molar-refractivity contribution in [2.75, 3.05) is 31.1 Å². The van der Waals surface area contributed by atoms with E-state index in [1.165, 1.54) is 12.1 Å². The standard InChI is InChI=1S/C25H25F3N6O/c1-31-16-20(14-29-31)19-5-8-22-23(15-30-34(22)17-19)32-10-12-33(13-11-32)24(35)9-4-18-2-6-21(7-3-18)25(26,27)28/h2-3,5-8,14-17H,4,9-13H2,1H3. The van der Waals surface area contributed by atoms with Crippen LogP contribution in [0.15, 0.2) is 61.2 Å². The van der Waals surface area contributed by atoms with Gasteiger partial charge in [0.1, 0.15) is 0 Å². The summed E-state index contributed by atoms with van der Waals surface area (Å²) in [5.74, 6) is 0.0190. The van der Waals surface area contributed by atoms with Gasteiger partial charge in [-0.25, -0.2) is 4.52 Å². The molecule has 1 aliphatic rings. The molecular weight excluding hydrogens is 457 g/mol. The van der Waals surface area contributed by atoms with Crippen molar-refractivity contribution in [1.29, 1.82) is 0 Å². The monoisotopic (exact) mass is 482 g/mol. The Morgan fingerprint density at radius 3 is 2.31 bits per heavy atom. The molecule has 1 aliphatic heterocycles. The zero-order chi connectivity index (χ0) is 24.6. The molecule has 1 saturated heterocycles. The first-order valence-electron chi connectivity index (χ1n) is 11.4. The van der Waals surface area contributed by atoms with Gasteiger partial charge in [0.05, 0.1) is 29.2 Å². The first kappa shape index (κ1) is 22.9. The first-order chi connectivity index (χ1) is 16.8. The molecule has 0 atom stereocenters. The number of hydrogen-bond donors (Lipinski definition) is 0. The van der Waals surface area contributed by atoms with Crippen molar-refractivity contribution >= 4 is 17.1 Å². The van der Waals surface area contributed by atoms with E-state index in [-0.39, 0.29) is 12.3 Å². The number of piperazine rings is 1. The van der Waals surface area contributed by atoms with Gasteiger partial charge in [-0.2, -0.15) is 23.4 Å². The molecule has 182 valence electrons. The largest absolute Gasteiger partial charge is 0.416 e. The minimum absolute atomic E-state index is 0.0190. The second kappa shape index (κ2) is 9.09. The Bertz CT molecular complexity index is 1330. The van der Waals surface area contributed by atoms with E-state index in [4.69, 9.17) is 0 Å². The third-order valence-corrected chi connectivity index (χ3v) is 6.42. The Morgan fingerprint density at radius 1 is 0.914 bits per heavy atom. The van der Waals surface area contributed by atoms with Gasteiger partial charge in [-0.15, -0.1) is 0 Å². The molecule has 0 N–H and O–H groups in total. The Hall–Kier alpha value is -3.82. The Labute approximate surface area is 200 Å². The number of anilines is 1. The Balaban J connectivity index is 1.17. The van der Waals surface area contributed by atoms with Crippen LogP contribution in [-0.4, -0.2) is 56.4 Å². The molecule has 4 aromatic rings. The lowest BCUT2D eigenvalue weighted by atomic mass is 10.1. The van der Waals surface area contributed by atoms with Gasteiger partial charge in [-0.1, -0.05) is 18.2 Å². The molecule has 0 unspecified atom stereocenters. The van der Waals surface area contributed by atoms with E-state index in [0.717, 1.165) is 40.0 Å². The van der Waals surface area contributed by atoms with Crippen LogP contribution in [0.25, 0.3) is 16.6 Å². The molecule has 3 aromatic heterocycles. The van der Waals surface area contributed by atoms with Crippen molar-refractivity contribution in [1.82, 2.24) is 24.3 Å². The van der Waals surface area contributed by atoms with E-state index >= 15 is 0 Å². The predicted molar refractivity (Wildman–Crippen MR) is 126 cm³/mol. The molecule has 0 saturated carbocycles. The maximum atomic E-state index is 12.7. The molecule has 0 bridgehead atoms. The molecule has 10 heteroatoms. The molecule has 1 aromatic carbocycles. The van der Waals surface area contributed by atoms with Crippen LogP contribution in [0.3, 0.4) is 0 Å². The van der Waals surface area contributed by atoms with Gasteiger partial charge in [0.2, 0.25) is 5.91 Å². The number of carbonyl (C=O) groups is 1. The van der Waals surface area contributed by atoms with Crippen LogP contribution in [0.4, 0.5) is 18.9 Å². The number of benzene rings is 1. The number of carbonyl (C=O) groups excluding carboxylic acids is 1.